The number of piperazine rings is 1. The number of carbonyl (C=O) groups is 2. The molecule has 7 nitrogen and oxygen atoms in total. The predicted octanol–water partition coefficient (Wildman–Crippen LogP) is 3.04. The van der Waals surface area contributed by atoms with Crippen LogP contribution in [0.3, 0.4) is 0 Å². The molecule has 2 heterocycles. The molecule has 166 valence electrons. The lowest BCUT2D eigenvalue weighted by Crippen LogP contribution is -2.49. The van der Waals surface area contributed by atoms with Crippen molar-refractivity contribution < 1.29 is 14.1 Å². The van der Waals surface area contributed by atoms with Gasteiger partial charge in [-0.2, -0.15) is 0 Å². The second kappa shape index (κ2) is 10.2. The SMILES string of the molecule is Cc1cc(C(=O)N2CCN(CCC(=O)NC(c3ccccc3)c3ccccc3)CC2)on1. The number of aromatic nitrogens is 1. The molecule has 1 saturated heterocycles. The highest BCUT2D eigenvalue weighted by Gasteiger charge is 2.25. The second-order valence-electron chi connectivity index (χ2n) is 8.04. The maximum atomic E-state index is 12.8. The van der Waals surface area contributed by atoms with Gasteiger partial charge < -0.3 is 14.7 Å². The Balaban J connectivity index is 1.28. The minimum atomic E-state index is -0.176. The molecule has 1 aromatic heterocycles. The van der Waals surface area contributed by atoms with Crippen molar-refractivity contribution in [2.75, 3.05) is 32.7 Å². The van der Waals surface area contributed by atoms with Gasteiger partial charge in [0.15, 0.2) is 0 Å². The molecule has 2 amide bonds. The fourth-order valence-electron chi connectivity index (χ4n) is 3.94. The van der Waals surface area contributed by atoms with Crippen molar-refractivity contribution in [3.05, 3.63) is 89.3 Å². The molecular formula is C25H28N4O3. The number of hydrogen-bond donors (Lipinski definition) is 1. The smallest absolute Gasteiger partial charge is 0.292 e. The van der Waals surface area contributed by atoms with Crippen LogP contribution in [0.25, 0.3) is 0 Å². The zero-order chi connectivity index (χ0) is 22.3. The minimum absolute atomic E-state index is 0.0124. The van der Waals surface area contributed by atoms with E-state index >= 15 is 0 Å². The van der Waals surface area contributed by atoms with E-state index in [9.17, 15) is 9.59 Å². The molecule has 0 aliphatic carbocycles. The Morgan fingerprint density at radius 2 is 1.56 bits per heavy atom. The summed E-state index contributed by atoms with van der Waals surface area (Å²) in [6.07, 6.45) is 0.408. The highest BCUT2D eigenvalue weighted by Crippen LogP contribution is 2.22. The summed E-state index contributed by atoms with van der Waals surface area (Å²) >= 11 is 0. The highest BCUT2D eigenvalue weighted by molar-refractivity contribution is 5.91. The van der Waals surface area contributed by atoms with Gasteiger partial charge in [0.1, 0.15) is 0 Å². The Hall–Kier alpha value is -3.45. The van der Waals surface area contributed by atoms with E-state index in [0.29, 0.717) is 31.7 Å². The van der Waals surface area contributed by atoms with Crippen molar-refractivity contribution >= 4 is 11.8 Å². The van der Waals surface area contributed by atoms with Gasteiger partial charge in [-0.3, -0.25) is 14.5 Å². The molecule has 1 N–H and O–H groups in total. The van der Waals surface area contributed by atoms with Crippen LogP contribution < -0.4 is 5.32 Å². The van der Waals surface area contributed by atoms with Gasteiger partial charge in [-0.25, -0.2) is 0 Å². The van der Waals surface area contributed by atoms with E-state index in [0.717, 1.165) is 24.2 Å². The first-order chi connectivity index (χ1) is 15.6. The van der Waals surface area contributed by atoms with Gasteiger partial charge in [0.25, 0.3) is 5.91 Å². The van der Waals surface area contributed by atoms with Gasteiger partial charge in [-0.05, 0) is 18.1 Å². The van der Waals surface area contributed by atoms with Crippen LogP contribution in [0.2, 0.25) is 0 Å². The largest absolute Gasteiger partial charge is 0.351 e. The second-order valence-corrected chi connectivity index (χ2v) is 8.04. The predicted molar refractivity (Wildman–Crippen MR) is 121 cm³/mol. The lowest BCUT2D eigenvalue weighted by molar-refractivity contribution is -0.122. The summed E-state index contributed by atoms with van der Waals surface area (Å²) in [6.45, 7) is 5.13. The maximum absolute atomic E-state index is 12.8. The van der Waals surface area contributed by atoms with Crippen molar-refractivity contribution in [3.63, 3.8) is 0 Å². The van der Waals surface area contributed by atoms with E-state index in [1.165, 1.54) is 0 Å². The van der Waals surface area contributed by atoms with Crippen LogP contribution >= 0.6 is 0 Å². The minimum Gasteiger partial charge on any atom is -0.351 e. The van der Waals surface area contributed by atoms with E-state index in [1.807, 2.05) is 60.7 Å². The van der Waals surface area contributed by atoms with Crippen molar-refractivity contribution in [2.45, 2.75) is 19.4 Å². The Morgan fingerprint density at radius 3 is 2.09 bits per heavy atom. The number of aryl methyl sites for hydroxylation is 1. The van der Waals surface area contributed by atoms with Crippen molar-refractivity contribution in [1.29, 1.82) is 0 Å². The highest BCUT2D eigenvalue weighted by atomic mass is 16.5. The molecule has 32 heavy (non-hydrogen) atoms. The summed E-state index contributed by atoms with van der Waals surface area (Å²) in [7, 11) is 0. The Morgan fingerprint density at radius 1 is 0.969 bits per heavy atom. The lowest BCUT2D eigenvalue weighted by atomic mass is 9.98. The summed E-state index contributed by atoms with van der Waals surface area (Å²) < 4.78 is 5.09. The topological polar surface area (TPSA) is 78.7 Å². The average molecular weight is 433 g/mol. The number of nitrogens with zero attached hydrogens (tertiary/aromatic N) is 3. The number of hydrogen-bond acceptors (Lipinski definition) is 5. The lowest BCUT2D eigenvalue weighted by Gasteiger charge is -2.34. The summed E-state index contributed by atoms with van der Waals surface area (Å²) in [5.74, 6) is 0.165. The van der Waals surface area contributed by atoms with Crippen LogP contribution in [0.1, 0.15) is 39.8 Å². The molecule has 2 aromatic carbocycles. The van der Waals surface area contributed by atoms with E-state index in [-0.39, 0.29) is 23.6 Å². The third kappa shape index (κ3) is 5.42. The zero-order valence-electron chi connectivity index (χ0n) is 18.2. The van der Waals surface area contributed by atoms with Crippen LogP contribution in [-0.4, -0.2) is 59.5 Å². The summed E-state index contributed by atoms with van der Waals surface area (Å²) in [4.78, 5) is 29.3. The molecular weight excluding hydrogens is 404 g/mol. The van der Waals surface area contributed by atoms with Gasteiger partial charge >= 0.3 is 0 Å². The van der Waals surface area contributed by atoms with Gasteiger partial charge in [0, 0.05) is 45.2 Å². The fourth-order valence-corrected chi connectivity index (χ4v) is 3.94. The van der Waals surface area contributed by atoms with Gasteiger partial charge in [-0.1, -0.05) is 65.8 Å². The third-order valence-electron chi connectivity index (χ3n) is 5.72. The number of rotatable bonds is 7. The van der Waals surface area contributed by atoms with Crippen molar-refractivity contribution in [3.8, 4) is 0 Å². The summed E-state index contributed by atoms with van der Waals surface area (Å²) in [6, 6.07) is 21.5. The first kappa shape index (κ1) is 21.8. The average Bonchev–Trinajstić information content (AvgIpc) is 3.28. The third-order valence-corrected chi connectivity index (χ3v) is 5.72. The van der Waals surface area contributed by atoms with Crippen LogP contribution in [-0.2, 0) is 4.79 Å². The van der Waals surface area contributed by atoms with Crippen molar-refractivity contribution in [2.24, 2.45) is 0 Å². The van der Waals surface area contributed by atoms with E-state index in [4.69, 9.17) is 4.52 Å². The fraction of sp³-hybridized carbons (Fsp3) is 0.320. The maximum Gasteiger partial charge on any atom is 0.292 e. The molecule has 0 saturated carbocycles. The quantitative estimate of drug-likeness (QED) is 0.621. The standard InChI is InChI=1S/C25H28N4O3/c1-19-18-22(32-27-19)25(31)29-16-14-28(15-17-29)13-12-23(30)26-24(20-8-4-2-5-9-20)21-10-6-3-7-11-21/h2-11,18,24H,12-17H2,1H3,(H,26,30). The Bertz CT molecular complexity index is 988. The van der Waals surface area contributed by atoms with Crippen LogP contribution in [0.15, 0.2) is 71.3 Å². The monoisotopic (exact) mass is 432 g/mol. The molecule has 0 radical (unpaired) electrons. The number of benzene rings is 2. The number of amides is 2. The summed E-state index contributed by atoms with van der Waals surface area (Å²) in [5, 5.41) is 6.98. The van der Waals surface area contributed by atoms with E-state index in [1.54, 1.807) is 17.9 Å². The van der Waals surface area contributed by atoms with Crippen LogP contribution in [0.4, 0.5) is 0 Å². The zero-order valence-corrected chi connectivity index (χ0v) is 18.2. The number of carbonyl (C=O) groups excluding carboxylic acids is 2. The molecule has 1 aliphatic rings. The molecule has 0 atom stereocenters. The molecule has 4 rings (SSSR count). The van der Waals surface area contributed by atoms with Gasteiger partial charge in [0.05, 0.1) is 11.7 Å². The molecule has 0 bridgehead atoms. The normalized spacial score (nSPS) is 14.5. The van der Waals surface area contributed by atoms with Gasteiger partial charge in [-0.15, -0.1) is 0 Å². The first-order valence-corrected chi connectivity index (χ1v) is 10.9. The molecule has 0 unspecified atom stereocenters. The molecule has 0 spiro atoms. The molecule has 1 aliphatic heterocycles. The van der Waals surface area contributed by atoms with Crippen LogP contribution in [0, 0.1) is 6.92 Å². The first-order valence-electron chi connectivity index (χ1n) is 10.9. The van der Waals surface area contributed by atoms with E-state index < -0.39 is 0 Å². The molecule has 7 heteroatoms. The van der Waals surface area contributed by atoms with Crippen LogP contribution in [0.5, 0.6) is 0 Å². The number of nitrogens with one attached hydrogen (secondary N) is 1. The van der Waals surface area contributed by atoms with Gasteiger partial charge in [0.2, 0.25) is 11.7 Å². The summed E-state index contributed by atoms with van der Waals surface area (Å²) in [5.41, 5.74) is 2.81. The molecule has 1 fully saturated rings. The van der Waals surface area contributed by atoms with Crippen molar-refractivity contribution in [1.82, 2.24) is 20.3 Å². The Kier molecular flexibility index (Phi) is 6.97. The molecule has 3 aromatic rings. The van der Waals surface area contributed by atoms with E-state index in [2.05, 4.69) is 15.4 Å². The Labute approximate surface area is 188 Å².